The molecule has 5 heterocycles. The number of imidazole rings is 1. The molecule has 4 aromatic heterocycles. The Hall–Kier alpha value is -3.49. The van der Waals surface area contributed by atoms with Gasteiger partial charge in [-0.25, -0.2) is 14.6 Å². The standard InChI is InChI=1S/C20H22N8O/c1-13(2)28-20(22-12-24-28)17-11-27-7-8-29-18-9-15(4-3-14-5-6-23-26-14)21-10-16(18)19(27)25-17/h5-6,9-13H,3-4,7-8H2,1-2H3,(H,23,26). The van der Waals surface area contributed by atoms with Crippen molar-refractivity contribution in [1.29, 1.82) is 0 Å². The summed E-state index contributed by atoms with van der Waals surface area (Å²) in [5, 5.41) is 11.3. The van der Waals surface area contributed by atoms with E-state index in [1.54, 1.807) is 12.5 Å². The number of aryl methyl sites for hydroxylation is 2. The average Bonchev–Trinajstić information content (AvgIpc) is 3.45. The third kappa shape index (κ3) is 3.28. The van der Waals surface area contributed by atoms with Crippen molar-refractivity contribution < 1.29 is 4.74 Å². The van der Waals surface area contributed by atoms with E-state index in [0.717, 1.165) is 59.4 Å². The Morgan fingerprint density at radius 3 is 2.97 bits per heavy atom. The molecule has 5 rings (SSSR count). The third-order valence-electron chi connectivity index (χ3n) is 5.03. The van der Waals surface area contributed by atoms with E-state index in [0.29, 0.717) is 6.61 Å². The summed E-state index contributed by atoms with van der Waals surface area (Å²) in [7, 11) is 0. The maximum absolute atomic E-state index is 6.01. The predicted octanol–water partition coefficient (Wildman–Crippen LogP) is 2.69. The van der Waals surface area contributed by atoms with Crippen LogP contribution in [0.5, 0.6) is 5.75 Å². The van der Waals surface area contributed by atoms with Crippen LogP contribution < -0.4 is 4.74 Å². The number of hydrogen-bond acceptors (Lipinski definition) is 6. The maximum atomic E-state index is 6.01. The lowest BCUT2D eigenvalue weighted by molar-refractivity contribution is 0.306. The Bertz CT molecular complexity index is 1130. The topological polar surface area (TPSA) is 99.3 Å². The first kappa shape index (κ1) is 17.6. The van der Waals surface area contributed by atoms with Gasteiger partial charge in [0.1, 0.15) is 30.2 Å². The van der Waals surface area contributed by atoms with Gasteiger partial charge in [-0.1, -0.05) is 0 Å². The van der Waals surface area contributed by atoms with Gasteiger partial charge in [-0.15, -0.1) is 0 Å². The number of hydrogen-bond donors (Lipinski definition) is 1. The number of nitrogens with zero attached hydrogens (tertiary/aromatic N) is 7. The first-order valence-electron chi connectivity index (χ1n) is 9.76. The molecule has 9 nitrogen and oxygen atoms in total. The molecule has 0 saturated carbocycles. The molecule has 0 spiro atoms. The van der Waals surface area contributed by atoms with Crippen LogP contribution in [0.1, 0.15) is 31.3 Å². The molecule has 0 amide bonds. The van der Waals surface area contributed by atoms with Crippen LogP contribution in [0.15, 0.2) is 37.1 Å². The number of aromatic amines is 1. The number of pyridine rings is 1. The number of ether oxygens (including phenoxy) is 1. The molecule has 29 heavy (non-hydrogen) atoms. The van der Waals surface area contributed by atoms with Crippen LogP contribution in [0.4, 0.5) is 0 Å². The van der Waals surface area contributed by atoms with Crippen molar-refractivity contribution in [3.8, 4) is 28.7 Å². The van der Waals surface area contributed by atoms with Gasteiger partial charge in [0.15, 0.2) is 5.82 Å². The molecule has 4 aromatic rings. The second-order valence-corrected chi connectivity index (χ2v) is 7.37. The van der Waals surface area contributed by atoms with Gasteiger partial charge in [0.25, 0.3) is 0 Å². The molecule has 148 valence electrons. The van der Waals surface area contributed by atoms with Crippen molar-refractivity contribution in [2.75, 3.05) is 6.61 Å². The zero-order chi connectivity index (χ0) is 19.8. The quantitative estimate of drug-likeness (QED) is 0.562. The van der Waals surface area contributed by atoms with Crippen molar-refractivity contribution >= 4 is 0 Å². The fourth-order valence-corrected chi connectivity index (χ4v) is 3.56. The van der Waals surface area contributed by atoms with E-state index in [1.165, 1.54) is 0 Å². The summed E-state index contributed by atoms with van der Waals surface area (Å²) in [6.07, 6.45) is 8.89. The first-order chi connectivity index (χ1) is 14.2. The summed E-state index contributed by atoms with van der Waals surface area (Å²) in [4.78, 5) is 13.9. The Balaban J connectivity index is 1.47. The lowest BCUT2D eigenvalue weighted by Crippen LogP contribution is -2.06. The highest BCUT2D eigenvalue weighted by atomic mass is 16.5. The molecule has 0 saturated heterocycles. The van der Waals surface area contributed by atoms with Crippen molar-refractivity contribution in [3.63, 3.8) is 0 Å². The van der Waals surface area contributed by atoms with E-state index in [1.807, 2.05) is 29.2 Å². The minimum atomic E-state index is 0.212. The van der Waals surface area contributed by atoms with Gasteiger partial charge in [-0.3, -0.25) is 10.1 Å². The predicted molar refractivity (Wildman–Crippen MR) is 106 cm³/mol. The van der Waals surface area contributed by atoms with Crippen LogP contribution in [-0.4, -0.2) is 46.1 Å². The van der Waals surface area contributed by atoms with Crippen LogP contribution in [0.3, 0.4) is 0 Å². The summed E-state index contributed by atoms with van der Waals surface area (Å²) < 4.78 is 9.99. The van der Waals surface area contributed by atoms with Gasteiger partial charge in [0, 0.05) is 42.1 Å². The fraction of sp³-hybridized carbons (Fsp3) is 0.350. The van der Waals surface area contributed by atoms with E-state index >= 15 is 0 Å². The minimum absolute atomic E-state index is 0.212. The highest BCUT2D eigenvalue weighted by Crippen LogP contribution is 2.33. The molecule has 0 aromatic carbocycles. The SMILES string of the molecule is CC(C)n1ncnc1-c1cn2c(n1)-c1cnc(CCc3ccn[nH]3)cc1OCC2. The number of H-pyrrole nitrogens is 1. The van der Waals surface area contributed by atoms with Crippen LogP contribution in [0, 0.1) is 0 Å². The van der Waals surface area contributed by atoms with Crippen molar-refractivity contribution in [2.24, 2.45) is 0 Å². The number of rotatable bonds is 5. The summed E-state index contributed by atoms with van der Waals surface area (Å²) in [6, 6.07) is 4.21. The smallest absolute Gasteiger partial charge is 0.178 e. The van der Waals surface area contributed by atoms with E-state index in [2.05, 4.69) is 43.7 Å². The fourth-order valence-electron chi connectivity index (χ4n) is 3.56. The zero-order valence-electron chi connectivity index (χ0n) is 16.4. The summed E-state index contributed by atoms with van der Waals surface area (Å²) in [6.45, 7) is 5.46. The second kappa shape index (κ2) is 7.16. The van der Waals surface area contributed by atoms with Gasteiger partial charge < -0.3 is 9.30 Å². The Kier molecular flexibility index (Phi) is 4.34. The van der Waals surface area contributed by atoms with E-state index in [-0.39, 0.29) is 6.04 Å². The van der Waals surface area contributed by atoms with Crippen molar-refractivity contribution in [1.82, 2.24) is 39.5 Å². The largest absolute Gasteiger partial charge is 0.491 e. The lowest BCUT2D eigenvalue weighted by Gasteiger charge is -2.09. The molecule has 0 aliphatic carbocycles. The molecular formula is C20H22N8O. The number of aromatic nitrogens is 8. The summed E-state index contributed by atoms with van der Waals surface area (Å²) in [5.41, 5.74) is 3.78. The maximum Gasteiger partial charge on any atom is 0.178 e. The zero-order valence-corrected chi connectivity index (χ0v) is 16.4. The number of fused-ring (bicyclic) bond motifs is 3. The minimum Gasteiger partial charge on any atom is -0.491 e. The van der Waals surface area contributed by atoms with Gasteiger partial charge in [-0.05, 0) is 32.8 Å². The molecule has 0 bridgehead atoms. The van der Waals surface area contributed by atoms with Crippen LogP contribution in [-0.2, 0) is 19.4 Å². The highest BCUT2D eigenvalue weighted by molar-refractivity contribution is 5.67. The second-order valence-electron chi connectivity index (χ2n) is 7.37. The molecule has 0 atom stereocenters. The van der Waals surface area contributed by atoms with Gasteiger partial charge in [-0.2, -0.15) is 10.2 Å². The van der Waals surface area contributed by atoms with Crippen LogP contribution in [0.25, 0.3) is 22.9 Å². The molecule has 9 heteroatoms. The van der Waals surface area contributed by atoms with Gasteiger partial charge in [0.2, 0.25) is 0 Å². The van der Waals surface area contributed by atoms with Crippen LogP contribution >= 0.6 is 0 Å². The molecule has 1 N–H and O–H groups in total. The third-order valence-corrected chi connectivity index (χ3v) is 5.03. The molecule has 1 aliphatic heterocycles. The highest BCUT2D eigenvalue weighted by Gasteiger charge is 2.22. The lowest BCUT2D eigenvalue weighted by atomic mass is 10.1. The first-order valence-corrected chi connectivity index (χ1v) is 9.76. The Morgan fingerprint density at radius 2 is 2.14 bits per heavy atom. The molecule has 1 aliphatic rings. The average molecular weight is 390 g/mol. The molecule has 0 fully saturated rings. The normalized spacial score (nSPS) is 13.1. The van der Waals surface area contributed by atoms with Gasteiger partial charge in [0.05, 0.1) is 12.1 Å². The van der Waals surface area contributed by atoms with Crippen LogP contribution in [0.2, 0.25) is 0 Å². The van der Waals surface area contributed by atoms with Gasteiger partial charge >= 0.3 is 0 Å². The molecular weight excluding hydrogens is 368 g/mol. The summed E-state index contributed by atoms with van der Waals surface area (Å²) >= 11 is 0. The monoisotopic (exact) mass is 390 g/mol. The van der Waals surface area contributed by atoms with E-state index < -0.39 is 0 Å². The molecule has 0 unspecified atom stereocenters. The van der Waals surface area contributed by atoms with E-state index in [4.69, 9.17) is 9.72 Å². The summed E-state index contributed by atoms with van der Waals surface area (Å²) in [5.74, 6) is 2.44. The molecule has 0 radical (unpaired) electrons. The Morgan fingerprint density at radius 1 is 1.21 bits per heavy atom. The number of nitrogens with one attached hydrogen (secondary N) is 1. The Labute approximate surface area is 167 Å². The van der Waals surface area contributed by atoms with Crippen molar-refractivity contribution in [2.45, 2.75) is 39.3 Å². The van der Waals surface area contributed by atoms with Crippen molar-refractivity contribution in [3.05, 3.63) is 48.4 Å². The van der Waals surface area contributed by atoms with E-state index in [9.17, 15) is 0 Å².